The van der Waals surface area contributed by atoms with Crippen LogP contribution in [0.5, 0.6) is 0 Å². The van der Waals surface area contributed by atoms with Crippen LogP contribution in [0.15, 0.2) is 12.4 Å². The van der Waals surface area contributed by atoms with E-state index in [1.165, 1.54) is 18.4 Å². The van der Waals surface area contributed by atoms with Crippen LogP contribution in [0, 0.1) is 5.92 Å². The van der Waals surface area contributed by atoms with Gasteiger partial charge in [-0.15, -0.1) is 0 Å². The Labute approximate surface area is 84.0 Å². The molecule has 0 aromatic carbocycles. The fraction of sp³-hybridized carbons (Fsp3) is 0.700. The van der Waals surface area contributed by atoms with Crippen molar-refractivity contribution in [1.29, 1.82) is 0 Å². The molecule has 1 atom stereocenters. The average molecular weight is 195 g/mol. The van der Waals surface area contributed by atoms with Gasteiger partial charge in [0.15, 0.2) is 0 Å². The lowest BCUT2D eigenvalue weighted by molar-refractivity contribution is 0.0547. The van der Waals surface area contributed by atoms with Gasteiger partial charge < -0.3 is 10.1 Å². The summed E-state index contributed by atoms with van der Waals surface area (Å²) in [6, 6.07) is 0. The van der Waals surface area contributed by atoms with Crippen molar-refractivity contribution in [3.05, 3.63) is 18.0 Å². The Morgan fingerprint density at radius 2 is 2.64 bits per heavy atom. The van der Waals surface area contributed by atoms with Crippen molar-refractivity contribution < 1.29 is 4.74 Å². The molecule has 2 rings (SSSR count). The van der Waals surface area contributed by atoms with Crippen LogP contribution in [-0.2, 0) is 11.3 Å². The van der Waals surface area contributed by atoms with Gasteiger partial charge in [-0.3, -0.25) is 5.10 Å². The average Bonchev–Trinajstić information content (AvgIpc) is 2.72. The molecule has 0 spiro atoms. The van der Waals surface area contributed by atoms with Crippen LogP contribution < -0.4 is 5.32 Å². The zero-order valence-corrected chi connectivity index (χ0v) is 8.33. The Kier molecular flexibility index (Phi) is 3.54. The van der Waals surface area contributed by atoms with E-state index in [4.69, 9.17) is 4.74 Å². The fourth-order valence-electron chi connectivity index (χ4n) is 1.76. The first-order valence-corrected chi connectivity index (χ1v) is 5.21. The first-order chi connectivity index (χ1) is 6.95. The van der Waals surface area contributed by atoms with Crippen molar-refractivity contribution in [2.75, 3.05) is 19.8 Å². The standard InChI is InChI=1S/C10H17N3O/c1-2-9(8-14-3-1)4-11-5-10-6-12-13-7-10/h6-7,9,11H,1-5,8H2,(H,12,13). The maximum absolute atomic E-state index is 5.41. The normalized spacial score (nSPS) is 22.4. The number of hydrogen-bond acceptors (Lipinski definition) is 3. The van der Waals surface area contributed by atoms with Crippen molar-refractivity contribution in [2.45, 2.75) is 19.4 Å². The minimum atomic E-state index is 0.690. The summed E-state index contributed by atoms with van der Waals surface area (Å²) >= 11 is 0. The van der Waals surface area contributed by atoms with Crippen LogP contribution >= 0.6 is 0 Å². The monoisotopic (exact) mass is 195 g/mol. The number of nitrogens with zero attached hydrogens (tertiary/aromatic N) is 1. The molecule has 1 fully saturated rings. The molecular weight excluding hydrogens is 178 g/mol. The molecule has 1 aromatic heterocycles. The molecule has 2 N–H and O–H groups in total. The molecule has 4 heteroatoms. The molecule has 14 heavy (non-hydrogen) atoms. The number of ether oxygens (including phenoxy) is 1. The van der Waals surface area contributed by atoms with Gasteiger partial charge in [0.2, 0.25) is 0 Å². The van der Waals surface area contributed by atoms with Crippen molar-refractivity contribution in [3.8, 4) is 0 Å². The topological polar surface area (TPSA) is 49.9 Å². The van der Waals surface area contributed by atoms with Gasteiger partial charge in [-0.05, 0) is 18.8 Å². The van der Waals surface area contributed by atoms with Crippen molar-refractivity contribution in [1.82, 2.24) is 15.5 Å². The van der Waals surface area contributed by atoms with Gasteiger partial charge in [-0.2, -0.15) is 5.10 Å². The molecule has 1 aromatic rings. The number of aromatic amines is 1. The van der Waals surface area contributed by atoms with Crippen LogP contribution in [0.1, 0.15) is 18.4 Å². The van der Waals surface area contributed by atoms with E-state index in [9.17, 15) is 0 Å². The molecule has 0 saturated carbocycles. The van der Waals surface area contributed by atoms with Crippen LogP contribution in [0.4, 0.5) is 0 Å². The molecule has 1 aliphatic rings. The maximum atomic E-state index is 5.41. The summed E-state index contributed by atoms with van der Waals surface area (Å²) in [4.78, 5) is 0. The number of nitrogens with one attached hydrogen (secondary N) is 2. The highest BCUT2D eigenvalue weighted by Gasteiger charge is 2.12. The Balaban J connectivity index is 1.62. The Morgan fingerprint density at radius 1 is 1.64 bits per heavy atom. The molecule has 1 aliphatic heterocycles. The molecule has 4 nitrogen and oxygen atoms in total. The van der Waals surface area contributed by atoms with Crippen molar-refractivity contribution >= 4 is 0 Å². The predicted octanol–water partition coefficient (Wildman–Crippen LogP) is 0.926. The summed E-state index contributed by atoms with van der Waals surface area (Å²) in [5.74, 6) is 0.690. The summed E-state index contributed by atoms with van der Waals surface area (Å²) in [5.41, 5.74) is 1.21. The van der Waals surface area contributed by atoms with Gasteiger partial charge in [0.1, 0.15) is 0 Å². The Hall–Kier alpha value is -0.870. The van der Waals surface area contributed by atoms with Gasteiger partial charge in [0, 0.05) is 31.5 Å². The van der Waals surface area contributed by atoms with Crippen molar-refractivity contribution in [3.63, 3.8) is 0 Å². The quantitative estimate of drug-likeness (QED) is 0.751. The Bertz CT molecular complexity index is 242. The summed E-state index contributed by atoms with van der Waals surface area (Å²) in [5, 5.41) is 10.1. The number of H-pyrrole nitrogens is 1. The first-order valence-electron chi connectivity index (χ1n) is 5.21. The van der Waals surface area contributed by atoms with Crippen LogP contribution in [0.3, 0.4) is 0 Å². The minimum Gasteiger partial charge on any atom is -0.381 e. The molecule has 0 bridgehead atoms. The molecule has 78 valence electrons. The minimum absolute atomic E-state index is 0.690. The molecular formula is C10H17N3O. The highest BCUT2D eigenvalue weighted by atomic mass is 16.5. The van der Waals surface area contributed by atoms with E-state index in [-0.39, 0.29) is 0 Å². The van der Waals surface area contributed by atoms with Crippen molar-refractivity contribution in [2.24, 2.45) is 5.92 Å². The van der Waals surface area contributed by atoms with E-state index in [0.717, 1.165) is 26.3 Å². The third kappa shape index (κ3) is 2.82. The SMILES string of the molecule is c1n[nH]cc1CNCC1CCCOC1. The second-order valence-corrected chi connectivity index (χ2v) is 3.82. The van der Waals surface area contributed by atoms with Gasteiger partial charge in [-0.25, -0.2) is 0 Å². The second kappa shape index (κ2) is 5.12. The van der Waals surface area contributed by atoms with E-state index in [1.54, 1.807) is 0 Å². The van der Waals surface area contributed by atoms with Gasteiger partial charge >= 0.3 is 0 Å². The first kappa shape index (κ1) is 9.68. The lowest BCUT2D eigenvalue weighted by atomic mass is 10.0. The molecule has 2 heterocycles. The van der Waals surface area contributed by atoms with Gasteiger partial charge in [-0.1, -0.05) is 0 Å². The number of aromatic nitrogens is 2. The third-order valence-electron chi connectivity index (χ3n) is 2.57. The lowest BCUT2D eigenvalue weighted by Gasteiger charge is -2.22. The van der Waals surface area contributed by atoms with Crippen LogP contribution in [0.25, 0.3) is 0 Å². The van der Waals surface area contributed by atoms with Gasteiger partial charge in [0.25, 0.3) is 0 Å². The van der Waals surface area contributed by atoms with E-state index in [0.29, 0.717) is 5.92 Å². The zero-order valence-electron chi connectivity index (χ0n) is 8.33. The highest BCUT2D eigenvalue weighted by Crippen LogP contribution is 2.12. The van der Waals surface area contributed by atoms with E-state index in [1.807, 2.05) is 12.4 Å². The summed E-state index contributed by atoms with van der Waals surface area (Å²) < 4.78 is 5.41. The largest absolute Gasteiger partial charge is 0.381 e. The highest BCUT2D eigenvalue weighted by molar-refractivity contribution is 5.01. The lowest BCUT2D eigenvalue weighted by Crippen LogP contribution is -2.28. The summed E-state index contributed by atoms with van der Waals surface area (Å²) in [6.07, 6.45) is 6.27. The number of hydrogen-bond donors (Lipinski definition) is 2. The molecule has 0 aliphatic carbocycles. The van der Waals surface area contributed by atoms with Crippen LogP contribution in [0.2, 0.25) is 0 Å². The smallest absolute Gasteiger partial charge is 0.0532 e. The predicted molar refractivity (Wildman–Crippen MR) is 53.8 cm³/mol. The Morgan fingerprint density at radius 3 is 3.36 bits per heavy atom. The third-order valence-corrected chi connectivity index (χ3v) is 2.57. The molecule has 1 saturated heterocycles. The number of rotatable bonds is 4. The summed E-state index contributed by atoms with van der Waals surface area (Å²) in [6.45, 7) is 3.80. The molecule has 0 amide bonds. The zero-order chi connectivity index (χ0) is 9.64. The van der Waals surface area contributed by atoms with E-state index in [2.05, 4.69) is 15.5 Å². The van der Waals surface area contributed by atoms with Gasteiger partial charge in [0.05, 0.1) is 12.8 Å². The second-order valence-electron chi connectivity index (χ2n) is 3.82. The molecule has 1 unspecified atom stereocenters. The van der Waals surface area contributed by atoms with Crippen LogP contribution in [-0.4, -0.2) is 30.0 Å². The van der Waals surface area contributed by atoms with E-state index < -0.39 is 0 Å². The van der Waals surface area contributed by atoms with E-state index >= 15 is 0 Å². The molecule has 0 radical (unpaired) electrons. The summed E-state index contributed by atoms with van der Waals surface area (Å²) in [7, 11) is 0. The maximum Gasteiger partial charge on any atom is 0.0532 e. The fourth-order valence-corrected chi connectivity index (χ4v) is 1.76.